The van der Waals surface area contributed by atoms with E-state index in [2.05, 4.69) is 46.0 Å². The Morgan fingerprint density at radius 2 is 1.47 bits per heavy atom. The van der Waals surface area contributed by atoms with Gasteiger partial charge in [0.25, 0.3) is 0 Å². The van der Waals surface area contributed by atoms with E-state index in [4.69, 9.17) is 5.11 Å². The number of carbonyl (C=O) groups is 3. The maximum absolute atomic E-state index is 12.2. The van der Waals surface area contributed by atoms with Crippen LogP contribution in [0, 0.1) is 17.8 Å². The van der Waals surface area contributed by atoms with Crippen molar-refractivity contribution >= 4 is 29.7 Å². The summed E-state index contributed by atoms with van der Waals surface area (Å²) >= 11 is 1.45. The molecule has 2 amide bonds. The molecular weight excluding hydrogens is 476 g/mol. The third kappa shape index (κ3) is 18.6. The summed E-state index contributed by atoms with van der Waals surface area (Å²) in [6.45, 7) is 12.8. The molecule has 0 heterocycles. The number of thioether (sulfide) groups is 1. The first-order valence-electron chi connectivity index (χ1n) is 13.7. The Bertz CT molecular complexity index is 668. The lowest BCUT2D eigenvalue weighted by Crippen LogP contribution is -2.50. The number of nitrogens with zero attached hydrogens (tertiary/aromatic N) is 1. The van der Waals surface area contributed by atoms with Crippen LogP contribution in [0.25, 0.3) is 0 Å². The molecule has 8 heteroatoms. The Hall–Kier alpha value is -1.70. The summed E-state index contributed by atoms with van der Waals surface area (Å²) in [5, 5.41) is 20.7. The molecule has 0 saturated heterocycles. The summed E-state index contributed by atoms with van der Waals surface area (Å²) in [4.78, 5) is 35.6. The topological polar surface area (TPSA) is 107 Å². The van der Waals surface area contributed by atoms with Crippen LogP contribution in [0.4, 0.5) is 4.79 Å². The van der Waals surface area contributed by atoms with E-state index in [1.807, 2.05) is 0 Å². The lowest BCUT2D eigenvalue weighted by molar-refractivity contribution is -0.138. The van der Waals surface area contributed by atoms with E-state index in [-0.39, 0.29) is 12.3 Å². The van der Waals surface area contributed by atoms with Crippen molar-refractivity contribution in [3.63, 3.8) is 0 Å². The van der Waals surface area contributed by atoms with Crippen LogP contribution >= 0.6 is 11.8 Å². The van der Waals surface area contributed by atoms with Crippen molar-refractivity contribution in [2.45, 2.75) is 105 Å². The highest BCUT2D eigenvalue weighted by atomic mass is 32.2. The maximum Gasteiger partial charge on any atom is 0.327 e. The minimum atomic E-state index is -1.13. The summed E-state index contributed by atoms with van der Waals surface area (Å²) < 4.78 is 0. The number of allylic oxidation sites excluding steroid dienone is 1. The first kappa shape index (κ1) is 34.3. The molecule has 0 aliphatic rings. The predicted molar refractivity (Wildman–Crippen MR) is 151 cm³/mol. The number of carbonyl (C=O) groups excluding carboxylic acids is 1. The fourth-order valence-corrected chi connectivity index (χ4v) is 5.10. The zero-order valence-electron chi connectivity index (χ0n) is 23.6. The minimum Gasteiger partial charge on any atom is -0.480 e. The molecular formula is C28H52N2O5S. The molecule has 0 saturated carbocycles. The fraction of sp³-hybridized carbons (Fsp3) is 0.821. The first-order valence-corrected chi connectivity index (χ1v) is 14.8. The monoisotopic (exact) mass is 528 g/mol. The Kier molecular flexibility index (Phi) is 19.4. The molecule has 7 nitrogen and oxygen atoms in total. The number of amides is 2. The van der Waals surface area contributed by atoms with Crippen molar-refractivity contribution in [3.8, 4) is 0 Å². The fourth-order valence-electron chi connectivity index (χ4n) is 4.10. The van der Waals surface area contributed by atoms with Crippen LogP contribution in [0.5, 0.6) is 0 Å². The average molecular weight is 529 g/mol. The molecule has 210 valence electrons. The molecule has 0 rings (SSSR count). The van der Waals surface area contributed by atoms with Gasteiger partial charge < -0.3 is 20.4 Å². The van der Waals surface area contributed by atoms with Gasteiger partial charge in [-0.15, -0.1) is 0 Å². The zero-order chi connectivity index (χ0) is 27.5. The van der Waals surface area contributed by atoms with Crippen LogP contribution in [-0.2, 0) is 9.59 Å². The van der Waals surface area contributed by atoms with E-state index in [1.54, 1.807) is 6.92 Å². The minimum absolute atomic E-state index is 0.190. The zero-order valence-corrected chi connectivity index (χ0v) is 24.4. The summed E-state index contributed by atoms with van der Waals surface area (Å²) in [6.07, 6.45) is 13.6. The van der Waals surface area contributed by atoms with Crippen molar-refractivity contribution in [3.05, 3.63) is 11.6 Å². The second-order valence-electron chi connectivity index (χ2n) is 10.7. The Labute approximate surface area is 223 Å². The highest BCUT2D eigenvalue weighted by Crippen LogP contribution is 2.22. The van der Waals surface area contributed by atoms with Crippen LogP contribution in [0.1, 0.15) is 99.3 Å². The molecule has 0 aliphatic carbocycles. The van der Waals surface area contributed by atoms with Gasteiger partial charge in [-0.3, -0.25) is 4.79 Å². The number of nitrogens with one attached hydrogen (secondary N) is 1. The molecule has 36 heavy (non-hydrogen) atoms. The largest absolute Gasteiger partial charge is 0.480 e. The number of carboxylic acids is 2. The van der Waals surface area contributed by atoms with E-state index in [0.29, 0.717) is 5.75 Å². The van der Waals surface area contributed by atoms with Gasteiger partial charge in [-0.1, -0.05) is 84.3 Å². The summed E-state index contributed by atoms with van der Waals surface area (Å²) in [5.74, 6) is 1.05. The van der Waals surface area contributed by atoms with Crippen molar-refractivity contribution < 1.29 is 24.6 Å². The van der Waals surface area contributed by atoms with Crippen LogP contribution in [0.2, 0.25) is 0 Å². The molecule has 0 fully saturated rings. The molecule has 0 aromatic heterocycles. The second-order valence-corrected chi connectivity index (χ2v) is 11.8. The van der Waals surface area contributed by atoms with Gasteiger partial charge in [-0.2, -0.15) is 11.8 Å². The summed E-state index contributed by atoms with van der Waals surface area (Å²) in [5.41, 5.74) is 1.31. The Morgan fingerprint density at radius 1 is 0.917 bits per heavy atom. The van der Waals surface area contributed by atoms with Gasteiger partial charge in [0.15, 0.2) is 0 Å². The van der Waals surface area contributed by atoms with Gasteiger partial charge in [0, 0.05) is 18.1 Å². The predicted octanol–water partition coefficient (Wildman–Crippen LogP) is 6.67. The van der Waals surface area contributed by atoms with Gasteiger partial charge in [-0.05, 0) is 44.4 Å². The van der Waals surface area contributed by atoms with E-state index >= 15 is 0 Å². The third-order valence-corrected chi connectivity index (χ3v) is 7.54. The van der Waals surface area contributed by atoms with E-state index < -0.39 is 30.6 Å². The number of hydrogen-bond acceptors (Lipinski definition) is 4. The number of hydrogen-bond donors (Lipinski definition) is 3. The van der Waals surface area contributed by atoms with Gasteiger partial charge >= 0.3 is 18.0 Å². The molecule has 3 atom stereocenters. The van der Waals surface area contributed by atoms with Crippen LogP contribution in [0.15, 0.2) is 11.6 Å². The van der Waals surface area contributed by atoms with Crippen LogP contribution < -0.4 is 5.32 Å². The van der Waals surface area contributed by atoms with Crippen molar-refractivity contribution in [2.24, 2.45) is 17.8 Å². The van der Waals surface area contributed by atoms with Crippen molar-refractivity contribution in [1.82, 2.24) is 10.2 Å². The van der Waals surface area contributed by atoms with Gasteiger partial charge in [-0.25, -0.2) is 9.59 Å². The Balaban J connectivity index is 4.15. The number of urea groups is 1. The third-order valence-electron chi connectivity index (χ3n) is 6.57. The number of aliphatic carboxylic acids is 2. The quantitative estimate of drug-likeness (QED) is 0.113. The van der Waals surface area contributed by atoms with E-state index in [9.17, 15) is 19.5 Å². The van der Waals surface area contributed by atoms with Crippen LogP contribution in [-0.4, -0.2) is 63.7 Å². The second kappa shape index (κ2) is 20.4. The lowest BCUT2D eigenvalue weighted by Gasteiger charge is -2.22. The molecule has 0 aromatic rings. The normalized spacial score (nSPS) is 14.4. The van der Waals surface area contributed by atoms with Crippen molar-refractivity contribution in [1.29, 1.82) is 0 Å². The van der Waals surface area contributed by atoms with E-state index in [1.165, 1.54) is 68.7 Å². The average Bonchev–Trinajstić information content (AvgIpc) is 2.78. The van der Waals surface area contributed by atoms with Gasteiger partial charge in [0.1, 0.15) is 12.6 Å². The van der Waals surface area contributed by atoms with E-state index in [0.717, 1.165) is 29.1 Å². The van der Waals surface area contributed by atoms with Gasteiger partial charge in [0.2, 0.25) is 0 Å². The lowest BCUT2D eigenvalue weighted by atomic mass is 9.91. The van der Waals surface area contributed by atoms with Crippen molar-refractivity contribution in [2.75, 3.05) is 24.6 Å². The standard InChI is InChI=1S/C28H52N2O5S/c1-7-30(19-26(31)32)28(35)29-25(27(33)34)20-36-18-17-24(6)16-10-15-23(5)14-9-13-22(4)12-8-11-21(2)3/h17,21-23,25H,7-16,18-20H2,1-6H3,(H,29,35)(H,31,32)(H,33,34)/b24-17+. The molecule has 0 radical (unpaired) electrons. The smallest absolute Gasteiger partial charge is 0.327 e. The van der Waals surface area contributed by atoms with Gasteiger partial charge in [0.05, 0.1) is 0 Å². The molecule has 0 bridgehead atoms. The van der Waals surface area contributed by atoms with Crippen LogP contribution in [0.3, 0.4) is 0 Å². The highest BCUT2D eigenvalue weighted by molar-refractivity contribution is 7.99. The number of carboxylic acid groups (broad SMARTS) is 2. The highest BCUT2D eigenvalue weighted by Gasteiger charge is 2.23. The molecule has 0 spiro atoms. The first-order chi connectivity index (χ1) is 17.0. The SMILES string of the molecule is CCN(CC(=O)O)C(=O)NC(CSC/C=C(\C)CCCC(C)CCCC(C)CCCC(C)C)C(=O)O. The maximum atomic E-state index is 12.2. The molecule has 3 N–H and O–H groups in total. The number of likely N-dealkylation sites (N-methyl/N-ethyl adjacent to an activating group) is 1. The Morgan fingerprint density at radius 3 is 1.97 bits per heavy atom. The summed E-state index contributed by atoms with van der Waals surface area (Å²) in [6, 6.07) is -1.73. The number of rotatable bonds is 21. The molecule has 0 aliphatic heterocycles. The molecule has 0 aromatic carbocycles. The molecule has 3 unspecified atom stereocenters. The summed E-state index contributed by atoms with van der Waals surface area (Å²) in [7, 11) is 0.